The predicted molar refractivity (Wildman–Crippen MR) is 86.7 cm³/mol. The molecule has 2 aromatic carbocycles. The van der Waals surface area contributed by atoms with Crippen LogP contribution in [-0.2, 0) is 4.79 Å². The highest BCUT2D eigenvalue weighted by Crippen LogP contribution is 2.30. The number of rotatable bonds is 4. The molecule has 0 saturated carbocycles. The molecule has 0 spiro atoms. The number of nitrogens with zero attached hydrogens (tertiary/aromatic N) is 1. The van der Waals surface area contributed by atoms with Gasteiger partial charge in [-0.2, -0.15) is 5.10 Å². The maximum absolute atomic E-state index is 12.1. The quantitative estimate of drug-likeness (QED) is 0.658. The molecule has 7 heteroatoms. The maximum Gasteiger partial charge on any atom is 0.284 e. The Bertz CT molecular complexity index is 775. The van der Waals surface area contributed by atoms with Crippen LogP contribution < -0.4 is 19.6 Å². The Kier molecular flexibility index (Phi) is 4.51. The third-order valence-corrected chi connectivity index (χ3v) is 3.39. The number of amides is 1. The van der Waals surface area contributed by atoms with Gasteiger partial charge >= 0.3 is 0 Å². The van der Waals surface area contributed by atoms with E-state index >= 15 is 0 Å². The first kappa shape index (κ1) is 15.7. The van der Waals surface area contributed by atoms with Gasteiger partial charge in [0.25, 0.3) is 5.91 Å². The molecule has 0 aromatic heterocycles. The van der Waals surface area contributed by atoms with Crippen LogP contribution in [0.3, 0.4) is 0 Å². The number of methoxy groups -OCH3 is 1. The summed E-state index contributed by atoms with van der Waals surface area (Å²) in [5, 5.41) is 13.5. The zero-order valence-corrected chi connectivity index (χ0v) is 12.9. The lowest BCUT2D eigenvalue weighted by Crippen LogP contribution is -2.42. The summed E-state index contributed by atoms with van der Waals surface area (Å²) in [6, 6.07) is 11.9. The highest BCUT2D eigenvalue weighted by Gasteiger charge is 2.26. The van der Waals surface area contributed by atoms with Crippen molar-refractivity contribution in [3.05, 3.63) is 48.0 Å². The Balaban J connectivity index is 1.59. The molecule has 0 unspecified atom stereocenters. The number of ether oxygens (including phenoxy) is 3. The molecule has 1 aliphatic rings. The third-order valence-electron chi connectivity index (χ3n) is 3.39. The minimum Gasteiger partial charge on any atom is -0.504 e. The van der Waals surface area contributed by atoms with Crippen LogP contribution in [0.15, 0.2) is 47.6 Å². The molecule has 2 N–H and O–H groups in total. The molecule has 1 atom stereocenters. The topological polar surface area (TPSA) is 89.4 Å². The summed E-state index contributed by atoms with van der Waals surface area (Å²) in [7, 11) is 1.47. The fourth-order valence-electron chi connectivity index (χ4n) is 2.18. The third kappa shape index (κ3) is 3.40. The van der Waals surface area contributed by atoms with Gasteiger partial charge in [-0.25, -0.2) is 5.43 Å². The van der Waals surface area contributed by atoms with Crippen molar-refractivity contribution in [2.24, 2.45) is 5.10 Å². The Morgan fingerprint density at radius 1 is 1.33 bits per heavy atom. The van der Waals surface area contributed by atoms with Gasteiger partial charge in [0.2, 0.25) is 6.10 Å². The zero-order valence-electron chi connectivity index (χ0n) is 12.9. The van der Waals surface area contributed by atoms with Crippen LogP contribution >= 0.6 is 0 Å². The van der Waals surface area contributed by atoms with E-state index in [9.17, 15) is 9.90 Å². The molecule has 0 fully saturated rings. The Morgan fingerprint density at radius 2 is 2.12 bits per heavy atom. The molecule has 2 aromatic rings. The van der Waals surface area contributed by atoms with Crippen LogP contribution in [0.1, 0.15) is 5.56 Å². The van der Waals surface area contributed by atoms with Crippen LogP contribution in [0.5, 0.6) is 23.0 Å². The second-order valence-corrected chi connectivity index (χ2v) is 5.03. The van der Waals surface area contributed by atoms with E-state index in [4.69, 9.17) is 14.2 Å². The van der Waals surface area contributed by atoms with E-state index in [-0.39, 0.29) is 12.4 Å². The predicted octanol–water partition coefficient (Wildman–Crippen LogP) is 1.69. The molecule has 1 amide bonds. The highest BCUT2D eigenvalue weighted by atomic mass is 16.6. The molecule has 7 nitrogen and oxygen atoms in total. The van der Waals surface area contributed by atoms with Gasteiger partial charge in [0.1, 0.15) is 6.61 Å². The summed E-state index contributed by atoms with van der Waals surface area (Å²) in [5.74, 6) is 1.07. The number of fused-ring (bicyclic) bond motifs is 1. The van der Waals surface area contributed by atoms with Crippen molar-refractivity contribution >= 4 is 12.1 Å². The van der Waals surface area contributed by atoms with Crippen molar-refractivity contribution in [2.75, 3.05) is 13.7 Å². The lowest BCUT2D eigenvalue weighted by Gasteiger charge is -2.24. The average molecular weight is 328 g/mol. The van der Waals surface area contributed by atoms with Gasteiger partial charge < -0.3 is 19.3 Å². The van der Waals surface area contributed by atoms with Gasteiger partial charge in [-0.1, -0.05) is 12.1 Å². The number of carbonyl (C=O) groups excluding carboxylic acids is 1. The number of hydrogen-bond donors (Lipinski definition) is 2. The molecule has 24 heavy (non-hydrogen) atoms. The van der Waals surface area contributed by atoms with Crippen LogP contribution in [0.2, 0.25) is 0 Å². The number of phenolic OH excluding ortho intramolecular Hbond substituents is 1. The van der Waals surface area contributed by atoms with Crippen molar-refractivity contribution < 1.29 is 24.1 Å². The molecular weight excluding hydrogens is 312 g/mol. The van der Waals surface area contributed by atoms with Gasteiger partial charge in [0.05, 0.1) is 13.3 Å². The number of aromatic hydroxyl groups is 1. The van der Waals surface area contributed by atoms with Gasteiger partial charge in [-0.15, -0.1) is 0 Å². The van der Waals surface area contributed by atoms with E-state index in [1.165, 1.54) is 19.4 Å². The van der Waals surface area contributed by atoms with Gasteiger partial charge in [0.15, 0.2) is 23.0 Å². The van der Waals surface area contributed by atoms with E-state index in [2.05, 4.69) is 10.5 Å². The lowest BCUT2D eigenvalue weighted by atomic mass is 10.2. The molecule has 0 bridgehead atoms. The normalized spacial score (nSPS) is 16.0. The zero-order chi connectivity index (χ0) is 16.9. The number of hydrazone groups is 1. The Labute approximate surface area is 138 Å². The van der Waals surface area contributed by atoms with Crippen molar-refractivity contribution in [1.82, 2.24) is 5.43 Å². The first-order valence-electron chi connectivity index (χ1n) is 7.26. The largest absolute Gasteiger partial charge is 0.504 e. The summed E-state index contributed by atoms with van der Waals surface area (Å²) in [5.41, 5.74) is 3.00. The molecule has 124 valence electrons. The van der Waals surface area contributed by atoms with Crippen LogP contribution in [0, 0.1) is 0 Å². The van der Waals surface area contributed by atoms with Crippen LogP contribution in [0.25, 0.3) is 0 Å². The first-order chi connectivity index (χ1) is 11.7. The second-order valence-electron chi connectivity index (χ2n) is 5.03. The summed E-state index contributed by atoms with van der Waals surface area (Å²) in [4.78, 5) is 12.1. The summed E-state index contributed by atoms with van der Waals surface area (Å²) in [6.45, 7) is 0.113. The lowest BCUT2D eigenvalue weighted by molar-refractivity contribution is -0.130. The molecule has 1 aliphatic heterocycles. The molecule has 1 heterocycles. The standard InChI is InChI=1S/C17H16N2O5/c1-22-13-7-6-11(8-12(13)20)9-18-19-17(21)16-10-23-14-4-2-3-5-15(14)24-16/h2-9,16,20H,10H2,1H3,(H,19,21)/t16-/m1/s1. The monoisotopic (exact) mass is 328 g/mol. The fraction of sp³-hybridized carbons (Fsp3) is 0.176. The van der Waals surface area contributed by atoms with E-state index in [0.717, 1.165) is 0 Å². The number of para-hydroxylation sites is 2. The van der Waals surface area contributed by atoms with E-state index < -0.39 is 12.0 Å². The fourth-order valence-corrected chi connectivity index (χ4v) is 2.18. The minimum atomic E-state index is -0.777. The molecule has 0 radical (unpaired) electrons. The molecule has 0 saturated heterocycles. The smallest absolute Gasteiger partial charge is 0.284 e. The number of hydrogen-bond acceptors (Lipinski definition) is 6. The summed E-state index contributed by atoms with van der Waals surface area (Å²) < 4.78 is 16.0. The highest BCUT2D eigenvalue weighted by molar-refractivity contribution is 5.85. The number of carbonyl (C=O) groups is 1. The van der Waals surface area contributed by atoms with Crippen molar-refractivity contribution in [3.63, 3.8) is 0 Å². The van der Waals surface area contributed by atoms with Crippen molar-refractivity contribution in [2.45, 2.75) is 6.10 Å². The minimum absolute atomic E-state index is 0.00611. The Morgan fingerprint density at radius 3 is 2.88 bits per heavy atom. The molecular formula is C17H16N2O5. The number of phenols is 1. The second kappa shape index (κ2) is 6.91. The average Bonchev–Trinajstić information content (AvgIpc) is 2.61. The van der Waals surface area contributed by atoms with E-state index in [0.29, 0.717) is 22.8 Å². The summed E-state index contributed by atoms with van der Waals surface area (Å²) in [6.07, 6.45) is 0.635. The molecule has 3 rings (SSSR count). The van der Waals surface area contributed by atoms with Gasteiger partial charge in [-0.3, -0.25) is 4.79 Å². The maximum atomic E-state index is 12.1. The van der Waals surface area contributed by atoms with E-state index in [1.807, 2.05) is 6.07 Å². The van der Waals surface area contributed by atoms with Crippen molar-refractivity contribution in [3.8, 4) is 23.0 Å². The number of benzene rings is 2. The Hall–Kier alpha value is -3.22. The number of nitrogens with one attached hydrogen (secondary N) is 1. The van der Waals surface area contributed by atoms with Gasteiger partial charge in [-0.05, 0) is 35.9 Å². The van der Waals surface area contributed by atoms with Crippen LogP contribution in [-0.4, -0.2) is 37.0 Å². The SMILES string of the molecule is COc1ccc(C=NNC(=O)[C@H]2COc3ccccc3O2)cc1O. The van der Waals surface area contributed by atoms with Gasteiger partial charge in [0, 0.05) is 0 Å². The van der Waals surface area contributed by atoms with Crippen LogP contribution in [0.4, 0.5) is 0 Å². The summed E-state index contributed by atoms with van der Waals surface area (Å²) >= 11 is 0. The van der Waals surface area contributed by atoms with Crippen molar-refractivity contribution in [1.29, 1.82) is 0 Å². The first-order valence-corrected chi connectivity index (χ1v) is 7.26. The molecule has 0 aliphatic carbocycles. The van der Waals surface area contributed by atoms with E-state index in [1.54, 1.807) is 30.3 Å².